The highest BCUT2D eigenvalue weighted by Gasteiger charge is 2.08. The largest absolute Gasteiger partial charge is 0.508 e. The number of benzene rings is 2. The van der Waals surface area contributed by atoms with E-state index in [9.17, 15) is 9.50 Å². The van der Waals surface area contributed by atoms with Crippen LogP contribution in [0.5, 0.6) is 11.5 Å². The van der Waals surface area contributed by atoms with Crippen LogP contribution in [0.1, 0.15) is 24.1 Å². The maximum absolute atomic E-state index is 13.1. The summed E-state index contributed by atoms with van der Waals surface area (Å²) in [4.78, 5) is 0. The molecule has 0 aliphatic rings. The third-order valence-corrected chi connectivity index (χ3v) is 3.23. The number of halogens is 1. The molecule has 0 bridgehead atoms. The van der Waals surface area contributed by atoms with Gasteiger partial charge in [0.25, 0.3) is 0 Å². The van der Waals surface area contributed by atoms with Crippen LogP contribution in [0.15, 0.2) is 42.5 Å². The predicted molar refractivity (Wildman–Crippen MR) is 76.3 cm³/mol. The highest BCUT2D eigenvalue weighted by molar-refractivity contribution is 5.33. The normalized spacial score (nSPS) is 12.2. The molecule has 2 aromatic rings. The fraction of sp³-hybridized carbons (Fsp3) is 0.250. The number of phenolic OH excluding ortho intramolecular Hbond substituents is 1. The molecule has 0 aromatic heterocycles. The zero-order valence-corrected chi connectivity index (χ0v) is 11.6. The Morgan fingerprint density at radius 1 is 1.25 bits per heavy atom. The van der Waals surface area contributed by atoms with Crippen molar-refractivity contribution in [2.24, 2.45) is 0 Å². The lowest BCUT2D eigenvalue weighted by Crippen LogP contribution is -2.18. The Morgan fingerprint density at radius 3 is 2.80 bits per heavy atom. The third kappa shape index (κ3) is 3.48. The maximum Gasteiger partial charge on any atom is 0.123 e. The molecule has 0 fully saturated rings. The second-order valence-corrected chi connectivity index (χ2v) is 4.65. The van der Waals surface area contributed by atoms with Crippen molar-refractivity contribution < 1.29 is 14.2 Å². The van der Waals surface area contributed by atoms with Crippen molar-refractivity contribution in [2.45, 2.75) is 19.5 Å². The van der Waals surface area contributed by atoms with E-state index in [1.807, 2.05) is 31.2 Å². The Morgan fingerprint density at radius 2 is 2.05 bits per heavy atom. The molecule has 0 unspecified atom stereocenters. The van der Waals surface area contributed by atoms with Gasteiger partial charge in [0.05, 0.1) is 7.11 Å². The number of aromatic hydroxyl groups is 1. The van der Waals surface area contributed by atoms with Gasteiger partial charge in [-0.05, 0) is 42.8 Å². The molecule has 1 atom stereocenters. The standard InChI is InChI=1S/C16H18FNO2/c1-11(12-4-3-5-15(9-12)20-2)18-10-13-8-14(17)6-7-16(13)19/h3-9,11,18-19H,10H2,1-2H3/t11-/m0/s1. The highest BCUT2D eigenvalue weighted by atomic mass is 19.1. The molecule has 0 saturated heterocycles. The second kappa shape index (κ2) is 6.39. The zero-order valence-electron chi connectivity index (χ0n) is 11.6. The van der Waals surface area contributed by atoms with Crippen LogP contribution in [0.4, 0.5) is 4.39 Å². The lowest BCUT2D eigenvalue weighted by Gasteiger charge is -2.15. The van der Waals surface area contributed by atoms with Gasteiger partial charge in [0, 0.05) is 18.2 Å². The summed E-state index contributed by atoms with van der Waals surface area (Å²) in [6.45, 7) is 2.40. The molecule has 0 aliphatic carbocycles. The van der Waals surface area contributed by atoms with Crippen molar-refractivity contribution in [1.82, 2.24) is 5.32 Å². The molecular weight excluding hydrogens is 257 g/mol. The zero-order chi connectivity index (χ0) is 14.5. The minimum atomic E-state index is -0.353. The van der Waals surface area contributed by atoms with Crippen molar-refractivity contribution in [3.05, 3.63) is 59.4 Å². The average molecular weight is 275 g/mol. The average Bonchev–Trinajstić information content (AvgIpc) is 2.48. The second-order valence-electron chi connectivity index (χ2n) is 4.65. The number of hydrogen-bond donors (Lipinski definition) is 2. The third-order valence-electron chi connectivity index (χ3n) is 3.23. The van der Waals surface area contributed by atoms with Gasteiger partial charge < -0.3 is 15.2 Å². The van der Waals surface area contributed by atoms with Crippen LogP contribution in [-0.2, 0) is 6.54 Å². The van der Waals surface area contributed by atoms with Crippen molar-refractivity contribution in [3.8, 4) is 11.5 Å². The smallest absolute Gasteiger partial charge is 0.123 e. The van der Waals surface area contributed by atoms with Gasteiger partial charge in [-0.15, -0.1) is 0 Å². The lowest BCUT2D eigenvalue weighted by molar-refractivity contribution is 0.413. The summed E-state index contributed by atoms with van der Waals surface area (Å²) in [6, 6.07) is 11.7. The minimum Gasteiger partial charge on any atom is -0.508 e. The van der Waals surface area contributed by atoms with E-state index in [0.29, 0.717) is 12.1 Å². The van der Waals surface area contributed by atoms with Crippen LogP contribution >= 0.6 is 0 Å². The molecule has 0 aliphatic heterocycles. The molecular formula is C16H18FNO2. The number of phenols is 1. The van der Waals surface area contributed by atoms with Crippen LogP contribution in [0.25, 0.3) is 0 Å². The summed E-state index contributed by atoms with van der Waals surface area (Å²) in [7, 11) is 1.63. The highest BCUT2D eigenvalue weighted by Crippen LogP contribution is 2.21. The van der Waals surface area contributed by atoms with E-state index < -0.39 is 0 Å². The van der Waals surface area contributed by atoms with Crippen molar-refractivity contribution in [2.75, 3.05) is 7.11 Å². The van der Waals surface area contributed by atoms with E-state index in [2.05, 4.69) is 5.32 Å². The summed E-state index contributed by atoms with van der Waals surface area (Å²) in [5.74, 6) is 0.537. The van der Waals surface area contributed by atoms with E-state index in [4.69, 9.17) is 4.74 Å². The van der Waals surface area contributed by atoms with E-state index >= 15 is 0 Å². The molecule has 0 saturated carbocycles. The Labute approximate surface area is 118 Å². The summed E-state index contributed by atoms with van der Waals surface area (Å²) in [6.07, 6.45) is 0. The Balaban J connectivity index is 2.04. The topological polar surface area (TPSA) is 41.5 Å². The first kappa shape index (κ1) is 14.3. The first-order valence-corrected chi connectivity index (χ1v) is 6.45. The number of methoxy groups -OCH3 is 1. The van der Waals surface area contributed by atoms with E-state index in [1.54, 1.807) is 7.11 Å². The van der Waals surface area contributed by atoms with Crippen molar-refractivity contribution in [3.63, 3.8) is 0 Å². The van der Waals surface area contributed by atoms with E-state index in [1.165, 1.54) is 18.2 Å². The molecule has 0 heterocycles. The summed E-state index contributed by atoms with van der Waals surface area (Å²) >= 11 is 0. The van der Waals surface area contributed by atoms with Crippen molar-refractivity contribution >= 4 is 0 Å². The molecule has 4 heteroatoms. The molecule has 0 spiro atoms. The van der Waals surface area contributed by atoms with Gasteiger partial charge in [-0.25, -0.2) is 4.39 Å². The Bertz CT molecular complexity index is 586. The number of rotatable bonds is 5. The van der Waals surface area contributed by atoms with E-state index in [0.717, 1.165) is 11.3 Å². The van der Waals surface area contributed by atoms with Gasteiger partial charge in [-0.1, -0.05) is 12.1 Å². The molecule has 3 nitrogen and oxygen atoms in total. The first-order chi connectivity index (χ1) is 9.60. The molecule has 2 rings (SSSR count). The summed E-state index contributed by atoms with van der Waals surface area (Å²) in [5.41, 5.74) is 1.61. The molecule has 2 N–H and O–H groups in total. The first-order valence-electron chi connectivity index (χ1n) is 6.45. The van der Waals surface area contributed by atoms with E-state index in [-0.39, 0.29) is 17.6 Å². The molecule has 2 aromatic carbocycles. The molecule has 0 amide bonds. The maximum atomic E-state index is 13.1. The van der Waals surface area contributed by atoms with Gasteiger partial charge in [0.15, 0.2) is 0 Å². The molecule has 106 valence electrons. The fourth-order valence-electron chi connectivity index (χ4n) is 1.99. The Kier molecular flexibility index (Phi) is 4.58. The van der Waals surface area contributed by atoms with Gasteiger partial charge in [-0.2, -0.15) is 0 Å². The van der Waals surface area contributed by atoms with Crippen LogP contribution < -0.4 is 10.1 Å². The summed E-state index contributed by atoms with van der Waals surface area (Å²) < 4.78 is 18.3. The monoisotopic (exact) mass is 275 g/mol. The number of nitrogens with one attached hydrogen (secondary N) is 1. The lowest BCUT2D eigenvalue weighted by atomic mass is 10.1. The SMILES string of the molecule is COc1cccc([C@H](C)NCc2cc(F)ccc2O)c1. The number of ether oxygens (including phenoxy) is 1. The van der Waals surface area contributed by atoms with Gasteiger partial charge in [0.2, 0.25) is 0 Å². The quantitative estimate of drug-likeness (QED) is 0.879. The van der Waals surface area contributed by atoms with Gasteiger partial charge in [-0.3, -0.25) is 0 Å². The summed E-state index contributed by atoms with van der Waals surface area (Å²) in [5, 5.41) is 12.9. The number of hydrogen-bond acceptors (Lipinski definition) is 3. The van der Waals surface area contributed by atoms with Crippen LogP contribution in [0.2, 0.25) is 0 Å². The fourth-order valence-corrected chi connectivity index (χ4v) is 1.99. The van der Waals surface area contributed by atoms with Crippen LogP contribution in [-0.4, -0.2) is 12.2 Å². The van der Waals surface area contributed by atoms with Crippen LogP contribution in [0.3, 0.4) is 0 Å². The van der Waals surface area contributed by atoms with Gasteiger partial charge >= 0.3 is 0 Å². The Hall–Kier alpha value is -2.07. The predicted octanol–water partition coefficient (Wildman–Crippen LogP) is 3.39. The molecule has 0 radical (unpaired) electrons. The van der Waals surface area contributed by atoms with Crippen molar-refractivity contribution in [1.29, 1.82) is 0 Å². The molecule has 20 heavy (non-hydrogen) atoms. The van der Waals surface area contributed by atoms with Crippen LogP contribution in [0, 0.1) is 5.82 Å². The van der Waals surface area contributed by atoms with Gasteiger partial charge in [0.1, 0.15) is 17.3 Å². The minimum absolute atomic E-state index is 0.0627.